The fraction of sp³-hybridized carbons (Fsp3) is 0.600. The molecule has 0 aliphatic heterocycles. The van der Waals surface area contributed by atoms with Crippen LogP contribution < -0.4 is 0 Å². The Kier molecular flexibility index (Phi) is 3.26. The molecule has 100 valence electrons. The van der Waals surface area contributed by atoms with Gasteiger partial charge in [0, 0.05) is 6.42 Å². The van der Waals surface area contributed by atoms with E-state index in [0.717, 1.165) is 16.7 Å². The molecule has 1 aromatic carbocycles. The van der Waals surface area contributed by atoms with Crippen molar-refractivity contribution in [2.75, 3.05) is 0 Å². The fourth-order valence-corrected chi connectivity index (χ4v) is 2.93. The van der Waals surface area contributed by atoms with Crippen LogP contribution in [0.1, 0.15) is 67.6 Å². The zero-order chi connectivity index (χ0) is 13.7. The Hall–Kier alpha value is -0.900. The number of hydrogen-bond donors (Lipinski definition) is 3. The predicted octanol–water partition coefficient (Wildman–Crippen LogP) is 2.34. The Labute approximate surface area is 108 Å². The molecular weight excluding hydrogens is 228 g/mol. The molecule has 0 saturated carbocycles. The van der Waals surface area contributed by atoms with Crippen molar-refractivity contribution < 1.29 is 15.3 Å². The molecule has 0 saturated heterocycles. The maximum atomic E-state index is 10.4. The summed E-state index contributed by atoms with van der Waals surface area (Å²) in [6.45, 7) is 7.61. The molecule has 0 amide bonds. The first-order valence-corrected chi connectivity index (χ1v) is 6.47. The van der Waals surface area contributed by atoms with Gasteiger partial charge in [-0.25, -0.2) is 0 Å². The van der Waals surface area contributed by atoms with Crippen molar-refractivity contribution in [3.63, 3.8) is 0 Å². The van der Waals surface area contributed by atoms with Crippen LogP contribution in [0.3, 0.4) is 0 Å². The molecule has 0 spiro atoms. The lowest BCUT2D eigenvalue weighted by molar-refractivity contribution is -0.103. The summed E-state index contributed by atoms with van der Waals surface area (Å²) in [5, 5.41) is 30.9. The van der Waals surface area contributed by atoms with Crippen LogP contribution >= 0.6 is 0 Å². The van der Waals surface area contributed by atoms with Crippen molar-refractivity contribution >= 4 is 0 Å². The highest BCUT2D eigenvalue weighted by atomic mass is 16.3. The van der Waals surface area contributed by atoms with E-state index in [0.29, 0.717) is 5.56 Å². The van der Waals surface area contributed by atoms with Gasteiger partial charge < -0.3 is 15.3 Å². The van der Waals surface area contributed by atoms with Crippen molar-refractivity contribution in [2.24, 2.45) is 0 Å². The zero-order valence-electron chi connectivity index (χ0n) is 11.4. The number of rotatable bonds is 1. The van der Waals surface area contributed by atoms with E-state index < -0.39 is 17.8 Å². The van der Waals surface area contributed by atoms with Crippen LogP contribution in [-0.2, 0) is 0 Å². The van der Waals surface area contributed by atoms with Gasteiger partial charge >= 0.3 is 0 Å². The molecule has 3 heteroatoms. The van der Waals surface area contributed by atoms with E-state index in [-0.39, 0.29) is 12.3 Å². The highest BCUT2D eigenvalue weighted by molar-refractivity contribution is 5.47. The molecular formula is C15H22O3. The van der Waals surface area contributed by atoms with Crippen LogP contribution in [0.25, 0.3) is 0 Å². The topological polar surface area (TPSA) is 60.7 Å². The number of benzene rings is 1. The molecule has 18 heavy (non-hydrogen) atoms. The van der Waals surface area contributed by atoms with E-state index in [1.165, 1.54) is 0 Å². The average Bonchev–Trinajstić information content (AvgIpc) is 2.24. The first kappa shape index (κ1) is 13.5. The number of aliphatic hydroxyl groups excluding tert-OH is 2. The van der Waals surface area contributed by atoms with Crippen LogP contribution in [0.5, 0.6) is 0 Å². The lowest BCUT2D eigenvalue weighted by Gasteiger charge is -2.40. The van der Waals surface area contributed by atoms with Gasteiger partial charge in [0.1, 0.15) is 6.10 Å². The highest BCUT2D eigenvalue weighted by Gasteiger charge is 2.42. The molecule has 0 radical (unpaired) electrons. The van der Waals surface area contributed by atoms with Crippen LogP contribution in [-0.4, -0.2) is 20.9 Å². The number of aliphatic hydroxyl groups is 3. The summed E-state index contributed by atoms with van der Waals surface area (Å²) in [5.74, 6) is 0.245. The highest BCUT2D eigenvalue weighted by Crippen LogP contribution is 2.46. The molecule has 0 bridgehead atoms. The second-order valence-electron chi connectivity index (χ2n) is 5.93. The molecule has 1 aliphatic rings. The Morgan fingerprint density at radius 1 is 1.22 bits per heavy atom. The van der Waals surface area contributed by atoms with Gasteiger partial charge in [0.25, 0.3) is 0 Å². The van der Waals surface area contributed by atoms with Crippen molar-refractivity contribution in [1.82, 2.24) is 0 Å². The van der Waals surface area contributed by atoms with Gasteiger partial charge in [0.05, 0.1) is 11.7 Å². The molecule has 1 aromatic rings. The molecule has 1 aliphatic carbocycles. The maximum absolute atomic E-state index is 10.4. The van der Waals surface area contributed by atoms with Crippen molar-refractivity contribution in [3.05, 3.63) is 34.4 Å². The van der Waals surface area contributed by atoms with Gasteiger partial charge in [0.15, 0.2) is 0 Å². The molecule has 0 aromatic heterocycles. The Morgan fingerprint density at radius 2 is 1.83 bits per heavy atom. The minimum atomic E-state index is -1.27. The van der Waals surface area contributed by atoms with E-state index in [4.69, 9.17) is 0 Å². The summed E-state index contributed by atoms with van der Waals surface area (Å²) in [5.41, 5.74) is 2.21. The zero-order valence-corrected chi connectivity index (χ0v) is 11.4. The van der Waals surface area contributed by atoms with Crippen LogP contribution in [0.4, 0.5) is 0 Å². The molecule has 3 nitrogen and oxygen atoms in total. The SMILES string of the molecule is Cc1ccc(C(C)C)c2c1[C@H](O)C[C@@](C)(O)[C@H]2O. The summed E-state index contributed by atoms with van der Waals surface area (Å²) in [6, 6.07) is 3.96. The van der Waals surface area contributed by atoms with E-state index >= 15 is 0 Å². The van der Waals surface area contributed by atoms with Crippen molar-refractivity contribution in [3.8, 4) is 0 Å². The maximum Gasteiger partial charge on any atom is 0.108 e. The van der Waals surface area contributed by atoms with Crippen LogP contribution in [0, 0.1) is 6.92 Å². The third-order valence-electron chi connectivity index (χ3n) is 3.96. The van der Waals surface area contributed by atoms with Crippen LogP contribution in [0.15, 0.2) is 12.1 Å². The average molecular weight is 250 g/mol. The minimum absolute atomic E-state index is 0.170. The lowest BCUT2D eigenvalue weighted by Crippen LogP contribution is -2.40. The van der Waals surface area contributed by atoms with Crippen molar-refractivity contribution in [2.45, 2.75) is 57.8 Å². The smallest absolute Gasteiger partial charge is 0.108 e. The fourth-order valence-electron chi connectivity index (χ4n) is 2.93. The normalized spacial score (nSPS) is 31.6. The first-order chi connectivity index (χ1) is 8.25. The number of hydrogen-bond acceptors (Lipinski definition) is 3. The molecule has 0 fully saturated rings. The monoisotopic (exact) mass is 250 g/mol. The van der Waals surface area contributed by atoms with E-state index in [1.54, 1.807) is 6.92 Å². The molecule has 3 atom stereocenters. The predicted molar refractivity (Wildman–Crippen MR) is 70.4 cm³/mol. The van der Waals surface area contributed by atoms with Crippen LogP contribution in [0.2, 0.25) is 0 Å². The second kappa shape index (κ2) is 4.34. The number of fused-ring (bicyclic) bond motifs is 1. The van der Waals surface area contributed by atoms with Gasteiger partial charge in [-0.3, -0.25) is 0 Å². The van der Waals surface area contributed by atoms with E-state index in [1.807, 2.05) is 32.9 Å². The van der Waals surface area contributed by atoms with E-state index in [2.05, 4.69) is 0 Å². The quantitative estimate of drug-likeness (QED) is 0.717. The third-order valence-corrected chi connectivity index (χ3v) is 3.96. The van der Waals surface area contributed by atoms with Gasteiger partial charge in [-0.15, -0.1) is 0 Å². The molecule has 3 N–H and O–H groups in total. The summed E-state index contributed by atoms with van der Waals surface area (Å²) in [7, 11) is 0. The van der Waals surface area contributed by atoms with E-state index in [9.17, 15) is 15.3 Å². The minimum Gasteiger partial charge on any atom is -0.388 e. The third kappa shape index (κ3) is 1.96. The molecule has 0 unspecified atom stereocenters. The molecule has 2 rings (SSSR count). The Bertz CT molecular complexity index is 463. The van der Waals surface area contributed by atoms with Gasteiger partial charge in [-0.05, 0) is 42.0 Å². The Balaban J connectivity index is 2.71. The largest absolute Gasteiger partial charge is 0.388 e. The lowest BCUT2D eigenvalue weighted by atomic mass is 9.73. The second-order valence-corrected chi connectivity index (χ2v) is 5.93. The molecule has 0 heterocycles. The van der Waals surface area contributed by atoms with Gasteiger partial charge in [-0.2, -0.15) is 0 Å². The van der Waals surface area contributed by atoms with Gasteiger partial charge in [0.2, 0.25) is 0 Å². The van der Waals surface area contributed by atoms with Crippen molar-refractivity contribution in [1.29, 1.82) is 0 Å². The van der Waals surface area contributed by atoms with Gasteiger partial charge in [-0.1, -0.05) is 26.0 Å². The summed E-state index contributed by atoms with van der Waals surface area (Å²) < 4.78 is 0. The standard InChI is InChI=1S/C15H22O3/c1-8(2)10-6-5-9(3)12-11(16)7-15(4,18)14(17)13(10)12/h5-6,8,11,14,16-18H,7H2,1-4H3/t11-,14+,15-/m1/s1. The number of aryl methyl sites for hydroxylation is 1. The summed E-state index contributed by atoms with van der Waals surface area (Å²) >= 11 is 0. The summed E-state index contributed by atoms with van der Waals surface area (Å²) in [6.07, 6.45) is -1.48. The first-order valence-electron chi connectivity index (χ1n) is 6.47. The Morgan fingerprint density at radius 3 is 2.39 bits per heavy atom. The summed E-state index contributed by atoms with van der Waals surface area (Å²) in [4.78, 5) is 0.